The third kappa shape index (κ3) is 3.74. The molecule has 0 heterocycles. The van der Waals surface area contributed by atoms with E-state index in [9.17, 15) is 10.1 Å². The molecule has 0 atom stereocenters. The average molecular weight is 293 g/mol. The number of nitrogens with zero attached hydrogens (tertiary/aromatic N) is 1. The molecule has 4 heteroatoms. The Morgan fingerprint density at radius 3 is 2.45 bits per heavy atom. The Morgan fingerprint density at radius 1 is 1.14 bits per heavy atom. The second-order valence-corrected chi connectivity index (χ2v) is 4.61. The fourth-order valence-electron chi connectivity index (χ4n) is 1.85. The number of aryl methyl sites for hydroxylation is 1. The van der Waals surface area contributed by atoms with Gasteiger partial charge in [0.2, 0.25) is 0 Å². The predicted octanol–water partition coefficient (Wildman–Crippen LogP) is 3.52. The van der Waals surface area contributed by atoms with Gasteiger partial charge < -0.3 is 9.47 Å². The van der Waals surface area contributed by atoms with Gasteiger partial charge in [-0.05, 0) is 31.2 Å². The first-order valence-electron chi connectivity index (χ1n) is 6.67. The van der Waals surface area contributed by atoms with Crippen LogP contribution in [0, 0.1) is 18.3 Å². The number of hydrogen-bond acceptors (Lipinski definition) is 4. The summed E-state index contributed by atoms with van der Waals surface area (Å²) in [5.74, 6) is 0.285. The summed E-state index contributed by atoms with van der Waals surface area (Å²) in [5, 5.41) is 9.18. The van der Waals surface area contributed by atoms with Crippen molar-refractivity contribution in [1.29, 1.82) is 5.26 Å². The van der Waals surface area contributed by atoms with Crippen LogP contribution in [0.3, 0.4) is 0 Å². The fourth-order valence-corrected chi connectivity index (χ4v) is 1.85. The minimum absolute atomic E-state index is 0.0925. The van der Waals surface area contributed by atoms with Gasteiger partial charge in [-0.2, -0.15) is 5.26 Å². The highest BCUT2D eigenvalue weighted by Crippen LogP contribution is 2.21. The van der Waals surface area contributed by atoms with Gasteiger partial charge in [0, 0.05) is 5.56 Å². The first-order valence-corrected chi connectivity index (χ1v) is 6.67. The lowest BCUT2D eigenvalue weighted by atomic mass is 10.1. The number of carbonyl (C=O) groups excluding carboxylic acids is 1. The van der Waals surface area contributed by atoms with Crippen molar-refractivity contribution >= 4 is 12.0 Å². The number of nitriles is 1. The van der Waals surface area contributed by atoms with E-state index in [1.165, 1.54) is 13.2 Å². The summed E-state index contributed by atoms with van der Waals surface area (Å²) >= 11 is 0. The van der Waals surface area contributed by atoms with Crippen LogP contribution >= 0.6 is 0 Å². The van der Waals surface area contributed by atoms with Crippen molar-refractivity contribution in [2.45, 2.75) is 6.92 Å². The average Bonchev–Trinajstić information content (AvgIpc) is 2.55. The van der Waals surface area contributed by atoms with Crippen LogP contribution in [0.15, 0.2) is 54.1 Å². The minimum Gasteiger partial charge on any atom is -0.496 e. The molecule has 0 bridgehead atoms. The molecule has 0 aliphatic heterocycles. The summed E-state index contributed by atoms with van der Waals surface area (Å²) < 4.78 is 10.4. The zero-order chi connectivity index (χ0) is 15.9. The molecule has 0 spiro atoms. The second kappa shape index (κ2) is 7.09. The highest BCUT2D eigenvalue weighted by Gasteiger charge is 2.13. The zero-order valence-electron chi connectivity index (χ0n) is 12.4. The third-order valence-corrected chi connectivity index (χ3v) is 3.01. The molecule has 0 saturated carbocycles. The van der Waals surface area contributed by atoms with Crippen molar-refractivity contribution in [3.05, 3.63) is 65.2 Å². The van der Waals surface area contributed by atoms with Gasteiger partial charge in [-0.25, -0.2) is 4.79 Å². The number of methoxy groups -OCH3 is 1. The second-order valence-electron chi connectivity index (χ2n) is 4.61. The van der Waals surface area contributed by atoms with Crippen LogP contribution < -0.4 is 9.47 Å². The Balaban J connectivity index is 2.24. The summed E-state index contributed by atoms with van der Waals surface area (Å²) in [7, 11) is 1.53. The van der Waals surface area contributed by atoms with Crippen molar-refractivity contribution in [1.82, 2.24) is 0 Å². The topological polar surface area (TPSA) is 59.3 Å². The Bertz CT molecular complexity index is 740. The van der Waals surface area contributed by atoms with E-state index in [0.29, 0.717) is 17.1 Å². The molecule has 0 radical (unpaired) electrons. The van der Waals surface area contributed by atoms with E-state index in [2.05, 4.69) is 0 Å². The molecule has 22 heavy (non-hydrogen) atoms. The smallest absolute Gasteiger partial charge is 0.354 e. The molecule has 0 aliphatic rings. The van der Waals surface area contributed by atoms with Gasteiger partial charge in [-0.15, -0.1) is 0 Å². The third-order valence-electron chi connectivity index (χ3n) is 3.01. The molecule has 4 nitrogen and oxygen atoms in total. The van der Waals surface area contributed by atoms with E-state index >= 15 is 0 Å². The highest BCUT2D eigenvalue weighted by atomic mass is 16.5. The lowest BCUT2D eigenvalue weighted by Crippen LogP contribution is -2.10. The molecule has 0 amide bonds. The van der Waals surface area contributed by atoms with Crippen molar-refractivity contribution in [2.24, 2.45) is 0 Å². The van der Waals surface area contributed by atoms with Crippen LogP contribution in [0.5, 0.6) is 11.5 Å². The molecular weight excluding hydrogens is 278 g/mol. The number of esters is 1. The van der Waals surface area contributed by atoms with Crippen LogP contribution in [0.2, 0.25) is 0 Å². The largest absolute Gasteiger partial charge is 0.496 e. The van der Waals surface area contributed by atoms with E-state index < -0.39 is 5.97 Å². The first kappa shape index (κ1) is 15.3. The highest BCUT2D eigenvalue weighted by molar-refractivity contribution is 5.99. The van der Waals surface area contributed by atoms with Gasteiger partial charge in [-0.1, -0.05) is 35.9 Å². The molecule has 110 valence electrons. The number of rotatable bonds is 4. The molecule has 0 fully saturated rings. The SMILES string of the molecule is COc1ccccc1/C=C(\C#N)C(=O)Oc1ccc(C)cc1. The van der Waals surface area contributed by atoms with Crippen LogP contribution in [0.1, 0.15) is 11.1 Å². The molecule has 0 aliphatic carbocycles. The molecule has 0 unspecified atom stereocenters. The van der Waals surface area contributed by atoms with Crippen molar-refractivity contribution in [3.63, 3.8) is 0 Å². The van der Waals surface area contributed by atoms with Crippen molar-refractivity contribution in [2.75, 3.05) is 7.11 Å². The Kier molecular flexibility index (Phi) is 4.94. The van der Waals surface area contributed by atoms with E-state index in [1.807, 2.05) is 31.2 Å². The van der Waals surface area contributed by atoms with Crippen LogP contribution in [0.4, 0.5) is 0 Å². The molecule has 2 aromatic rings. The summed E-state index contributed by atoms with van der Waals surface area (Å²) in [6, 6.07) is 16.0. The Morgan fingerprint density at radius 2 is 1.82 bits per heavy atom. The quantitative estimate of drug-likeness (QED) is 0.374. The Hall–Kier alpha value is -3.06. The standard InChI is InChI=1S/C18H15NO3/c1-13-7-9-16(10-8-13)22-18(20)15(12-19)11-14-5-3-4-6-17(14)21-2/h3-11H,1-2H3/b15-11+. The van der Waals surface area contributed by atoms with E-state index in [0.717, 1.165) is 5.56 Å². The summed E-state index contributed by atoms with van der Waals surface area (Å²) in [6.07, 6.45) is 1.45. The van der Waals surface area contributed by atoms with Crippen molar-refractivity contribution < 1.29 is 14.3 Å². The molecule has 0 aromatic heterocycles. The number of benzene rings is 2. The normalized spacial score (nSPS) is 10.7. The maximum absolute atomic E-state index is 12.1. The van der Waals surface area contributed by atoms with Gasteiger partial charge in [0.25, 0.3) is 0 Å². The van der Waals surface area contributed by atoms with Gasteiger partial charge in [0.05, 0.1) is 7.11 Å². The van der Waals surface area contributed by atoms with E-state index in [-0.39, 0.29) is 5.57 Å². The summed E-state index contributed by atoms with van der Waals surface area (Å²) in [4.78, 5) is 12.1. The van der Waals surface area contributed by atoms with Crippen LogP contribution in [-0.4, -0.2) is 13.1 Å². The molecule has 2 rings (SSSR count). The molecule has 0 saturated heterocycles. The fraction of sp³-hybridized carbons (Fsp3) is 0.111. The zero-order valence-corrected chi connectivity index (χ0v) is 12.4. The van der Waals surface area contributed by atoms with Crippen LogP contribution in [-0.2, 0) is 4.79 Å². The van der Waals surface area contributed by atoms with Gasteiger partial charge in [-0.3, -0.25) is 0 Å². The minimum atomic E-state index is -0.697. The maximum Gasteiger partial charge on any atom is 0.354 e. The number of para-hydroxylation sites is 1. The number of carbonyl (C=O) groups is 1. The predicted molar refractivity (Wildman–Crippen MR) is 83.4 cm³/mol. The van der Waals surface area contributed by atoms with Gasteiger partial charge >= 0.3 is 5.97 Å². The number of hydrogen-bond donors (Lipinski definition) is 0. The van der Waals surface area contributed by atoms with Gasteiger partial charge in [0.15, 0.2) is 0 Å². The van der Waals surface area contributed by atoms with E-state index in [4.69, 9.17) is 9.47 Å². The summed E-state index contributed by atoms with van der Waals surface area (Å²) in [6.45, 7) is 1.94. The molecule has 2 aromatic carbocycles. The van der Waals surface area contributed by atoms with Crippen molar-refractivity contribution in [3.8, 4) is 17.6 Å². The monoisotopic (exact) mass is 293 g/mol. The maximum atomic E-state index is 12.1. The van der Waals surface area contributed by atoms with Crippen LogP contribution in [0.25, 0.3) is 6.08 Å². The first-order chi connectivity index (χ1) is 10.6. The lowest BCUT2D eigenvalue weighted by molar-refractivity contribution is -0.129. The summed E-state index contributed by atoms with van der Waals surface area (Å²) in [5.41, 5.74) is 1.61. The lowest BCUT2D eigenvalue weighted by Gasteiger charge is -2.06. The van der Waals surface area contributed by atoms with E-state index in [1.54, 1.807) is 30.3 Å². The Labute approximate surface area is 129 Å². The van der Waals surface area contributed by atoms with Gasteiger partial charge in [0.1, 0.15) is 23.1 Å². The number of ether oxygens (including phenoxy) is 2. The molecule has 0 N–H and O–H groups in total. The molecular formula is C18H15NO3.